The number of carbonyl (C=O) groups excluding carboxylic acids is 1. The van der Waals surface area contributed by atoms with Crippen LogP contribution in [0.2, 0.25) is 0 Å². The lowest BCUT2D eigenvalue weighted by atomic mass is 10.1. The van der Waals surface area contributed by atoms with Gasteiger partial charge in [-0.3, -0.25) is 9.10 Å². The minimum atomic E-state index is -3.67. The third kappa shape index (κ3) is 5.07. The fraction of sp³-hybridized carbons (Fsp3) is 0.350. The molecule has 0 spiro atoms. The summed E-state index contributed by atoms with van der Waals surface area (Å²) >= 11 is 0. The molecule has 0 saturated heterocycles. The molecular formula is C20H25FN2O3S. The molecule has 146 valence electrons. The van der Waals surface area contributed by atoms with Crippen LogP contribution < -0.4 is 9.62 Å². The van der Waals surface area contributed by atoms with E-state index < -0.39 is 22.0 Å². The molecule has 2 rings (SSSR count). The number of carbonyl (C=O) groups is 1. The van der Waals surface area contributed by atoms with Gasteiger partial charge in [-0.05, 0) is 68.7 Å². The molecular weight excluding hydrogens is 367 g/mol. The smallest absolute Gasteiger partial charge is 0.244 e. The lowest BCUT2D eigenvalue weighted by molar-refractivity contribution is -0.122. The number of amides is 1. The molecule has 27 heavy (non-hydrogen) atoms. The second-order valence-electron chi connectivity index (χ2n) is 6.79. The van der Waals surface area contributed by atoms with E-state index in [2.05, 4.69) is 5.32 Å². The van der Waals surface area contributed by atoms with E-state index in [0.29, 0.717) is 5.69 Å². The maximum absolute atomic E-state index is 13.1. The number of hydrogen-bond acceptors (Lipinski definition) is 3. The maximum atomic E-state index is 13.1. The van der Waals surface area contributed by atoms with E-state index in [9.17, 15) is 17.6 Å². The molecule has 0 aromatic heterocycles. The van der Waals surface area contributed by atoms with Gasteiger partial charge in [0.15, 0.2) is 0 Å². The quantitative estimate of drug-likeness (QED) is 0.819. The Hall–Kier alpha value is -2.41. The van der Waals surface area contributed by atoms with Crippen molar-refractivity contribution >= 4 is 21.6 Å². The van der Waals surface area contributed by atoms with Gasteiger partial charge in [0.1, 0.15) is 11.9 Å². The normalized spacial score (nSPS) is 13.7. The predicted octanol–water partition coefficient (Wildman–Crippen LogP) is 3.47. The summed E-state index contributed by atoms with van der Waals surface area (Å²) in [5, 5.41) is 2.80. The van der Waals surface area contributed by atoms with Crippen LogP contribution in [0.4, 0.5) is 10.1 Å². The summed E-state index contributed by atoms with van der Waals surface area (Å²) in [6.07, 6.45) is 1.08. The standard InChI is InChI=1S/C20H25FN2O3S/c1-13-6-11-19(12-14(13)2)23(27(5,25)26)16(4)20(24)22-15(3)17-7-9-18(21)10-8-17/h6-12,15-16H,1-5H3,(H,22,24)/t15-,16-/m0/s1. The molecule has 0 aliphatic heterocycles. The summed E-state index contributed by atoms with van der Waals surface area (Å²) in [6.45, 7) is 7.13. The molecule has 0 radical (unpaired) electrons. The van der Waals surface area contributed by atoms with E-state index in [4.69, 9.17) is 0 Å². The van der Waals surface area contributed by atoms with E-state index in [1.54, 1.807) is 38.1 Å². The fourth-order valence-electron chi connectivity index (χ4n) is 2.84. The monoisotopic (exact) mass is 392 g/mol. The van der Waals surface area contributed by atoms with E-state index in [0.717, 1.165) is 27.3 Å². The number of nitrogens with zero attached hydrogens (tertiary/aromatic N) is 1. The van der Waals surface area contributed by atoms with Crippen LogP contribution >= 0.6 is 0 Å². The molecule has 1 N–H and O–H groups in total. The van der Waals surface area contributed by atoms with Gasteiger partial charge in [0.05, 0.1) is 18.0 Å². The number of benzene rings is 2. The molecule has 0 unspecified atom stereocenters. The van der Waals surface area contributed by atoms with Crippen LogP contribution in [0.25, 0.3) is 0 Å². The first-order valence-corrected chi connectivity index (χ1v) is 10.5. The molecule has 0 bridgehead atoms. The van der Waals surface area contributed by atoms with Crippen LogP contribution in [-0.4, -0.2) is 26.6 Å². The molecule has 0 aliphatic carbocycles. The average molecular weight is 392 g/mol. The van der Waals surface area contributed by atoms with Crippen molar-refractivity contribution < 1.29 is 17.6 Å². The van der Waals surface area contributed by atoms with Crippen molar-refractivity contribution in [2.45, 2.75) is 39.8 Å². The number of anilines is 1. The largest absolute Gasteiger partial charge is 0.348 e. The first-order chi connectivity index (χ1) is 12.5. The van der Waals surface area contributed by atoms with Gasteiger partial charge < -0.3 is 5.32 Å². The first-order valence-electron chi connectivity index (χ1n) is 8.63. The molecule has 2 aromatic rings. The van der Waals surface area contributed by atoms with Gasteiger partial charge in [-0.15, -0.1) is 0 Å². The Balaban J connectivity index is 2.26. The number of nitrogens with one attached hydrogen (secondary N) is 1. The van der Waals surface area contributed by atoms with E-state index >= 15 is 0 Å². The Morgan fingerprint density at radius 1 is 1.04 bits per heavy atom. The van der Waals surface area contributed by atoms with Crippen LogP contribution in [-0.2, 0) is 14.8 Å². The number of halogens is 1. The highest BCUT2D eigenvalue weighted by molar-refractivity contribution is 7.92. The molecule has 0 fully saturated rings. The number of sulfonamides is 1. The van der Waals surface area contributed by atoms with E-state index in [1.165, 1.54) is 12.1 Å². The molecule has 5 nitrogen and oxygen atoms in total. The van der Waals surface area contributed by atoms with Crippen molar-refractivity contribution in [3.63, 3.8) is 0 Å². The summed E-state index contributed by atoms with van der Waals surface area (Å²) < 4.78 is 38.9. The highest BCUT2D eigenvalue weighted by atomic mass is 32.2. The summed E-state index contributed by atoms with van der Waals surface area (Å²) in [6, 6.07) is 9.75. The minimum absolute atomic E-state index is 0.358. The Morgan fingerprint density at radius 2 is 1.63 bits per heavy atom. The molecule has 0 heterocycles. The van der Waals surface area contributed by atoms with Gasteiger partial charge in [0.25, 0.3) is 0 Å². The SMILES string of the molecule is Cc1ccc(N([C@@H](C)C(=O)N[C@@H](C)c2ccc(F)cc2)S(C)(=O)=O)cc1C. The van der Waals surface area contributed by atoms with Crippen molar-refractivity contribution in [2.75, 3.05) is 10.6 Å². The third-order valence-corrected chi connectivity index (χ3v) is 5.80. The van der Waals surface area contributed by atoms with Gasteiger partial charge in [-0.25, -0.2) is 12.8 Å². The zero-order chi connectivity index (χ0) is 20.4. The third-order valence-electron chi connectivity index (χ3n) is 4.56. The Labute approximate surface area is 160 Å². The topological polar surface area (TPSA) is 66.5 Å². The van der Waals surface area contributed by atoms with Crippen molar-refractivity contribution in [2.24, 2.45) is 0 Å². The summed E-state index contributed by atoms with van der Waals surface area (Å²) in [5.74, 6) is -0.792. The zero-order valence-electron chi connectivity index (χ0n) is 16.2. The van der Waals surface area contributed by atoms with Gasteiger partial charge >= 0.3 is 0 Å². The van der Waals surface area contributed by atoms with Crippen LogP contribution in [0.5, 0.6) is 0 Å². The second-order valence-corrected chi connectivity index (χ2v) is 8.64. The maximum Gasteiger partial charge on any atom is 0.244 e. The van der Waals surface area contributed by atoms with Crippen LogP contribution in [0.15, 0.2) is 42.5 Å². The molecule has 2 aromatic carbocycles. The van der Waals surface area contributed by atoms with Gasteiger partial charge in [0.2, 0.25) is 15.9 Å². The van der Waals surface area contributed by atoms with E-state index in [-0.39, 0.29) is 11.9 Å². The minimum Gasteiger partial charge on any atom is -0.348 e. The van der Waals surface area contributed by atoms with Gasteiger partial charge in [-0.1, -0.05) is 18.2 Å². The Bertz CT molecular complexity index is 927. The first kappa shape index (κ1) is 20.9. The highest BCUT2D eigenvalue weighted by Gasteiger charge is 2.30. The molecule has 1 amide bonds. The molecule has 0 aliphatic rings. The summed E-state index contributed by atoms with van der Waals surface area (Å²) in [5.41, 5.74) is 3.15. The number of hydrogen-bond donors (Lipinski definition) is 1. The van der Waals surface area contributed by atoms with Crippen molar-refractivity contribution in [1.29, 1.82) is 0 Å². The zero-order valence-corrected chi connectivity index (χ0v) is 17.0. The van der Waals surface area contributed by atoms with Gasteiger partial charge in [0, 0.05) is 0 Å². The predicted molar refractivity (Wildman–Crippen MR) is 106 cm³/mol. The van der Waals surface area contributed by atoms with Crippen molar-refractivity contribution in [3.8, 4) is 0 Å². The van der Waals surface area contributed by atoms with E-state index in [1.807, 2.05) is 19.9 Å². The van der Waals surface area contributed by atoms with Crippen LogP contribution in [0.1, 0.15) is 36.6 Å². The van der Waals surface area contributed by atoms with Crippen LogP contribution in [0.3, 0.4) is 0 Å². The fourth-order valence-corrected chi connectivity index (χ4v) is 4.01. The average Bonchev–Trinajstić information content (AvgIpc) is 2.57. The lowest BCUT2D eigenvalue weighted by Crippen LogP contribution is -2.48. The van der Waals surface area contributed by atoms with Gasteiger partial charge in [-0.2, -0.15) is 0 Å². The molecule has 2 atom stereocenters. The number of rotatable bonds is 6. The number of aryl methyl sites for hydroxylation is 2. The Morgan fingerprint density at radius 3 is 2.15 bits per heavy atom. The molecule has 7 heteroatoms. The van der Waals surface area contributed by atoms with Crippen LogP contribution in [0, 0.1) is 19.7 Å². The lowest BCUT2D eigenvalue weighted by Gasteiger charge is -2.29. The summed E-state index contributed by atoms with van der Waals surface area (Å²) in [7, 11) is -3.67. The second kappa shape index (κ2) is 8.08. The van der Waals surface area contributed by atoms with Crippen molar-refractivity contribution in [1.82, 2.24) is 5.32 Å². The molecule has 0 saturated carbocycles. The van der Waals surface area contributed by atoms with Crippen molar-refractivity contribution in [3.05, 3.63) is 65.0 Å². The highest BCUT2D eigenvalue weighted by Crippen LogP contribution is 2.24. The summed E-state index contributed by atoms with van der Waals surface area (Å²) in [4.78, 5) is 12.7. The Kier molecular flexibility index (Phi) is 6.26.